The summed E-state index contributed by atoms with van der Waals surface area (Å²) in [5.74, 6) is 0.299. The number of ether oxygens (including phenoxy) is 2. The molecule has 0 heterocycles. The molecular formula is C14H22O5. The van der Waals surface area contributed by atoms with Crippen LogP contribution in [0.25, 0.3) is 0 Å². The van der Waals surface area contributed by atoms with Crippen LogP contribution in [0.1, 0.15) is 51.9 Å². The minimum absolute atomic E-state index is 0.104. The summed E-state index contributed by atoms with van der Waals surface area (Å²) in [6.07, 6.45) is 5.90. The molecule has 0 spiro atoms. The Hall–Kier alpha value is -1.26. The van der Waals surface area contributed by atoms with Gasteiger partial charge in [-0.3, -0.25) is 0 Å². The zero-order chi connectivity index (χ0) is 13.8. The lowest BCUT2D eigenvalue weighted by Crippen LogP contribution is -2.34. The first-order chi connectivity index (χ1) is 9.06. The van der Waals surface area contributed by atoms with Crippen molar-refractivity contribution in [1.82, 2.24) is 0 Å². The molecule has 2 aliphatic carbocycles. The number of carboxylic acids is 1. The quantitative estimate of drug-likeness (QED) is 0.798. The van der Waals surface area contributed by atoms with Crippen molar-refractivity contribution in [2.45, 2.75) is 64.1 Å². The van der Waals surface area contributed by atoms with Gasteiger partial charge in [-0.1, -0.05) is 25.7 Å². The van der Waals surface area contributed by atoms with Crippen molar-refractivity contribution in [3.63, 3.8) is 0 Å². The number of rotatable bonds is 3. The number of hydrogen-bond acceptors (Lipinski definition) is 4. The molecule has 2 fully saturated rings. The van der Waals surface area contributed by atoms with Crippen LogP contribution in [0, 0.1) is 11.8 Å². The summed E-state index contributed by atoms with van der Waals surface area (Å²) >= 11 is 0. The first-order valence-corrected chi connectivity index (χ1v) is 7.16. The highest BCUT2D eigenvalue weighted by Crippen LogP contribution is 2.41. The number of fused-ring (bicyclic) bond motifs is 1. The van der Waals surface area contributed by atoms with E-state index in [9.17, 15) is 9.59 Å². The van der Waals surface area contributed by atoms with Crippen LogP contribution in [0.15, 0.2) is 0 Å². The lowest BCUT2D eigenvalue weighted by Gasteiger charge is -2.38. The van der Waals surface area contributed by atoms with E-state index in [4.69, 9.17) is 9.84 Å². The number of carboxylic acid groups (broad SMARTS) is 1. The van der Waals surface area contributed by atoms with Crippen molar-refractivity contribution in [2.75, 3.05) is 0 Å². The third-order valence-corrected chi connectivity index (χ3v) is 4.38. The van der Waals surface area contributed by atoms with E-state index < -0.39 is 18.2 Å². The summed E-state index contributed by atoms with van der Waals surface area (Å²) in [7, 11) is 0. The molecule has 5 nitrogen and oxygen atoms in total. The van der Waals surface area contributed by atoms with Crippen LogP contribution in [-0.2, 0) is 14.3 Å². The zero-order valence-corrected chi connectivity index (χ0v) is 11.3. The number of carbonyl (C=O) groups excluding carboxylic acids is 1. The molecule has 2 aliphatic rings. The van der Waals surface area contributed by atoms with Gasteiger partial charge in [-0.25, -0.2) is 9.59 Å². The molecule has 0 bridgehead atoms. The molecule has 0 aliphatic heterocycles. The van der Waals surface area contributed by atoms with E-state index in [0.29, 0.717) is 5.92 Å². The summed E-state index contributed by atoms with van der Waals surface area (Å²) in [4.78, 5) is 22.1. The summed E-state index contributed by atoms with van der Waals surface area (Å²) in [5, 5.41) is 8.66. The van der Waals surface area contributed by atoms with Crippen LogP contribution in [0.2, 0.25) is 0 Å². The van der Waals surface area contributed by atoms with Gasteiger partial charge in [0.05, 0.1) is 0 Å². The molecule has 4 atom stereocenters. The second-order valence-electron chi connectivity index (χ2n) is 5.71. The van der Waals surface area contributed by atoms with E-state index in [0.717, 1.165) is 25.2 Å². The molecule has 1 N–H and O–H groups in total. The fourth-order valence-corrected chi connectivity index (χ4v) is 3.30. The third-order valence-electron chi connectivity index (χ3n) is 4.38. The van der Waals surface area contributed by atoms with Crippen LogP contribution < -0.4 is 0 Å². The molecule has 0 aromatic carbocycles. The van der Waals surface area contributed by atoms with Gasteiger partial charge in [-0.15, -0.1) is 0 Å². The van der Waals surface area contributed by atoms with Crippen molar-refractivity contribution in [3.8, 4) is 0 Å². The Morgan fingerprint density at radius 2 is 1.79 bits per heavy atom. The topological polar surface area (TPSA) is 72.8 Å². The number of hydrogen-bond donors (Lipinski definition) is 1. The summed E-state index contributed by atoms with van der Waals surface area (Å²) in [6.45, 7) is 1.32. The number of carbonyl (C=O) groups is 2. The van der Waals surface area contributed by atoms with E-state index in [1.165, 1.54) is 32.6 Å². The molecule has 0 aromatic heterocycles. The first kappa shape index (κ1) is 14.2. The predicted octanol–water partition coefficient (Wildman–Crippen LogP) is 2.97. The second-order valence-corrected chi connectivity index (χ2v) is 5.71. The molecule has 0 aromatic rings. The Morgan fingerprint density at radius 1 is 1.11 bits per heavy atom. The standard InChI is InChI=1S/C14H22O5/c1-9(13(15)16)18-14(17)19-12-7-6-10-4-2-3-5-11(10)8-12/h9-12H,2-8H2,1H3,(H,15,16). The smallest absolute Gasteiger partial charge is 0.479 e. The molecule has 2 rings (SSSR count). The van der Waals surface area contributed by atoms with E-state index in [2.05, 4.69) is 4.74 Å². The lowest BCUT2D eigenvalue weighted by molar-refractivity contribution is -0.147. The van der Waals surface area contributed by atoms with Gasteiger partial charge in [0.1, 0.15) is 6.10 Å². The van der Waals surface area contributed by atoms with E-state index in [1.54, 1.807) is 0 Å². The Labute approximate surface area is 113 Å². The Morgan fingerprint density at radius 3 is 2.47 bits per heavy atom. The van der Waals surface area contributed by atoms with Gasteiger partial charge < -0.3 is 14.6 Å². The molecule has 2 saturated carbocycles. The molecule has 19 heavy (non-hydrogen) atoms. The summed E-state index contributed by atoms with van der Waals surface area (Å²) in [5.41, 5.74) is 0. The van der Waals surface area contributed by atoms with Crippen molar-refractivity contribution in [3.05, 3.63) is 0 Å². The van der Waals surface area contributed by atoms with Gasteiger partial charge in [-0.05, 0) is 38.0 Å². The normalized spacial score (nSPS) is 31.9. The van der Waals surface area contributed by atoms with Gasteiger partial charge in [0, 0.05) is 0 Å². The highest BCUT2D eigenvalue weighted by atomic mass is 16.7. The molecular weight excluding hydrogens is 248 g/mol. The van der Waals surface area contributed by atoms with Crippen molar-refractivity contribution < 1.29 is 24.2 Å². The fraction of sp³-hybridized carbons (Fsp3) is 0.857. The fourth-order valence-electron chi connectivity index (χ4n) is 3.30. The maximum atomic E-state index is 11.5. The molecule has 0 radical (unpaired) electrons. The Bertz CT molecular complexity index is 341. The van der Waals surface area contributed by atoms with E-state index in [-0.39, 0.29) is 6.10 Å². The maximum Gasteiger partial charge on any atom is 0.509 e. The molecule has 108 valence electrons. The average Bonchev–Trinajstić information content (AvgIpc) is 2.38. The highest BCUT2D eigenvalue weighted by Gasteiger charge is 2.34. The molecule has 4 unspecified atom stereocenters. The first-order valence-electron chi connectivity index (χ1n) is 7.16. The van der Waals surface area contributed by atoms with Crippen molar-refractivity contribution >= 4 is 12.1 Å². The Kier molecular flexibility index (Phi) is 4.66. The van der Waals surface area contributed by atoms with Crippen LogP contribution >= 0.6 is 0 Å². The van der Waals surface area contributed by atoms with Crippen LogP contribution in [-0.4, -0.2) is 29.4 Å². The monoisotopic (exact) mass is 270 g/mol. The number of aliphatic carboxylic acids is 1. The largest absolute Gasteiger partial charge is 0.509 e. The second kappa shape index (κ2) is 6.26. The van der Waals surface area contributed by atoms with Gasteiger partial charge >= 0.3 is 12.1 Å². The average molecular weight is 270 g/mol. The van der Waals surface area contributed by atoms with Crippen molar-refractivity contribution in [2.24, 2.45) is 11.8 Å². The minimum Gasteiger partial charge on any atom is -0.479 e. The lowest BCUT2D eigenvalue weighted by atomic mass is 9.70. The van der Waals surface area contributed by atoms with Crippen LogP contribution in [0.4, 0.5) is 4.79 Å². The summed E-state index contributed by atoms with van der Waals surface area (Å²) in [6, 6.07) is 0. The highest BCUT2D eigenvalue weighted by molar-refractivity contribution is 5.75. The van der Waals surface area contributed by atoms with Crippen molar-refractivity contribution in [1.29, 1.82) is 0 Å². The predicted molar refractivity (Wildman–Crippen MR) is 67.8 cm³/mol. The van der Waals surface area contributed by atoms with Gasteiger partial charge in [0.15, 0.2) is 6.10 Å². The van der Waals surface area contributed by atoms with Crippen LogP contribution in [0.3, 0.4) is 0 Å². The zero-order valence-electron chi connectivity index (χ0n) is 11.3. The van der Waals surface area contributed by atoms with E-state index >= 15 is 0 Å². The van der Waals surface area contributed by atoms with Crippen LogP contribution in [0.5, 0.6) is 0 Å². The Balaban J connectivity index is 1.77. The van der Waals surface area contributed by atoms with Gasteiger partial charge in [-0.2, -0.15) is 0 Å². The van der Waals surface area contributed by atoms with Gasteiger partial charge in [0.2, 0.25) is 0 Å². The molecule has 0 saturated heterocycles. The SMILES string of the molecule is CC(OC(=O)OC1CCC2CCCCC2C1)C(=O)O. The minimum atomic E-state index is -1.16. The molecule has 0 amide bonds. The maximum absolute atomic E-state index is 11.5. The summed E-state index contributed by atoms with van der Waals surface area (Å²) < 4.78 is 9.93. The molecule has 5 heteroatoms. The van der Waals surface area contributed by atoms with E-state index in [1.807, 2.05) is 0 Å². The van der Waals surface area contributed by atoms with Gasteiger partial charge in [0.25, 0.3) is 0 Å². The third kappa shape index (κ3) is 3.85.